The highest BCUT2D eigenvalue weighted by atomic mass is 35.5. The van der Waals surface area contributed by atoms with E-state index in [1.807, 2.05) is 18.2 Å². The van der Waals surface area contributed by atoms with Crippen molar-refractivity contribution in [3.63, 3.8) is 0 Å². The number of benzene rings is 2. The minimum atomic E-state index is -0.734. The van der Waals surface area contributed by atoms with E-state index in [-0.39, 0.29) is 5.02 Å². The molecule has 2 heterocycles. The van der Waals surface area contributed by atoms with Gasteiger partial charge in [0.25, 0.3) is 0 Å². The lowest BCUT2D eigenvalue weighted by molar-refractivity contribution is 0.433. The second-order valence-corrected chi connectivity index (χ2v) is 7.27. The van der Waals surface area contributed by atoms with Gasteiger partial charge in [-0.2, -0.15) is 0 Å². The molecule has 4 rings (SSSR count). The van der Waals surface area contributed by atoms with Crippen molar-refractivity contribution in [1.82, 2.24) is 10.3 Å². The average Bonchev–Trinajstić information content (AvgIpc) is 2.71. The van der Waals surface area contributed by atoms with Crippen LogP contribution >= 0.6 is 11.6 Å². The average molecular weight is 385 g/mol. The molecule has 139 valence electrons. The Hall–Kier alpha value is -2.37. The number of anilines is 1. The van der Waals surface area contributed by atoms with Gasteiger partial charge < -0.3 is 15.3 Å². The maximum atomic E-state index is 13.9. The molecular weight excluding hydrogens is 365 g/mol. The summed E-state index contributed by atoms with van der Waals surface area (Å²) in [5.74, 6) is -1.26. The zero-order valence-corrected chi connectivity index (χ0v) is 15.7. The highest BCUT2D eigenvalue weighted by Gasteiger charge is 2.20. The molecule has 1 aliphatic heterocycles. The summed E-state index contributed by atoms with van der Waals surface area (Å²) in [6, 6.07) is 12.3. The van der Waals surface area contributed by atoms with E-state index < -0.39 is 11.6 Å². The van der Waals surface area contributed by atoms with Crippen molar-refractivity contribution in [3.8, 4) is 16.9 Å². The summed E-state index contributed by atoms with van der Waals surface area (Å²) in [6.07, 6.45) is 3.85. The van der Waals surface area contributed by atoms with Gasteiger partial charge in [0.1, 0.15) is 0 Å². The van der Waals surface area contributed by atoms with Crippen LogP contribution in [0.2, 0.25) is 5.02 Å². The normalized spacial score (nSPS) is 15.2. The summed E-state index contributed by atoms with van der Waals surface area (Å²) in [6.45, 7) is 2.02. The van der Waals surface area contributed by atoms with Gasteiger partial charge in [0.15, 0.2) is 11.6 Å². The number of phenolic OH excluding ortho intramolecular Hbond substituents is 1. The Bertz CT molecular complexity index is 965. The van der Waals surface area contributed by atoms with E-state index in [1.165, 1.54) is 6.07 Å². The van der Waals surface area contributed by atoms with Crippen LogP contribution in [0.4, 0.5) is 10.1 Å². The molecule has 1 aromatic heterocycles. The number of nitrogens with one attached hydrogen (secondary N) is 1. The lowest BCUT2D eigenvalue weighted by atomic mass is 10.0. The molecule has 0 unspecified atom stereocenters. The molecule has 1 radical (unpaired) electrons. The molecular formula is C21H20ClFN3O. The molecule has 0 atom stereocenters. The third kappa shape index (κ3) is 3.45. The monoisotopic (exact) mass is 384 g/mol. The lowest BCUT2D eigenvalue weighted by Crippen LogP contribution is -2.41. The van der Waals surface area contributed by atoms with E-state index in [1.54, 1.807) is 12.3 Å². The van der Waals surface area contributed by atoms with Gasteiger partial charge in [-0.15, -0.1) is 0 Å². The van der Waals surface area contributed by atoms with E-state index in [2.05, 4.69) is 28.3 Å². The Kier molecular flexibility index (Phi) is 4.89. The van der Waals surface area contributed by atoms with E-state index in [9.17, 15) is 9.50 Å². The summed E-state index contributed by atoms with van der Waals surface area (Å²) in [4.78, 5) is 6.68. The maximum Gasteiger partial charge on any atom is 0.170 e. The van der Waals surface area contributed by atoms with Gasteiger partial charge in [-0.3, -0.25) is 4.98 Å². The maximum absolute atomic E-state index is 13.9. The van der Waals surface area contributed by atoms with E-state index in [0.717, 1.165) is 48.1 Å². The number of pyridine rings is 1. The minimum absolute atomic E-state index is 0.00473. The summed E-state index contributed by atoms with van der Waals surface area (Å²) in [5, 5.41) is 13.9. The third-order valence-corrected chi connectivity index (χ3v) is 5.50. The number of aromatic nitrogens is 1. The largest absolute Gasteiger partial charge is 0.504 e. The SMILES string of the molecule is CN(c1[c]cnc2ccc(-c3cc(F)c(O)c(Cl)c3)cc12)C1CCNCC1. The second-order valence-electron chi connectivity index (χ2n) is 6.86. The number of phenols is 1. The fourth-order valence-electron chi connectivity index (χ4n) is 3.66. The first-order valence-electron chi connectivity index (χ1n) is 8.97. The molecule has 27 heavy (non-hydrogen) atoms. The number of hydrogen-bond acceptors (Lipinski definition) is 4. The van der Waals surface area contributed by atoms with Crippen LogP contribution in [0.15, 0.2) is 36.5 Å². The van der Waals surface area contributed by atoms with Crippen LogP contribution in [0.3, 0.4) is 0 Å². The summed E-state index contributed by atoms with van der Waals surface area (Å²) in [5.41, 5.74) is 3.26. The predicted octanol–water partition coefficient (Wildman–Crippen LogP) is 4.39. The number of piperidine rings is 1. The summed E-state index contributed by atoms with van der Waals surface area (Å²) in [7, 11) is 2.09. The van der Waals surface area contributed by atoms with Crippen molar-refractivity contribution in [2.24, 2.45) is 0 Å². The molecule has 1 aliphatic rings. The molecule has 0 amide bonds. The Morgan fingerprint density at radius 3 is 2.74 bits per heavy atom. The molecule has 4 nitrogen and oxygen atoms in total. The van der Waals surface area contributed by atoms with Crippen LogP contribution in [0.1, 0.15) is 12.8 Å². The second kappa shape index (κ2) is 7.33. The zero-order valence-electron chi connectivity index (χ0n) is 15.0. The number of hydrogen-bond donors (Lipinski definition) is 2. The van der Waals surface area contributed by atoms with Crippen molar-refractivity contribution < 1.29 is 9.50 Å². The Morgan fingerprint density at radius 1 is 1.22 bits per heavy atom. The van der Waals surface area contributed by atoms with Crippen molar-refractivity contribution in [1.29, 1.82) is 0 Å². The highest BCUT2D eigenvalue weighted by Crippen LogP contribution is 2.35. The van der Waals surface area contributed by atoms with Crippen molar-refractivity contribution in [3.05, 3.63) is 53.4 Å². The highest BCUT2D eigenvalue weighted by molar-refractivity contribution is 6.32. The van der Waals surface area contributed by atoms with E-state index >= 15 is 0 Å². The quantitative estimate of drug-likeness (QED) is 0.703. The molecule has 2 aromatic carbocycles. The van der Waals surface area contributed by atoms with Crippen LogP contribution in [0.5, 0.6) is 5.75 Å². The van der Waals surface area contributed by atoms with Gasteiger partial charge in [-0.1, -0.05) is 17.7 Å². The molecule has 1 fully saturated rings. The Labute approximate surface area is 162 Å². The smallest absolute Gasteiger partial charge is 0.170 e. The van der Waals surface area contributed by atoms with Crippen molar-refractivity contribution in [2.75, 3.05) is 25.0 Å². The lowest BCUT2D eigenvalue weighted by Gasteiger charge is -2.33. The molecule has 0 aliphatic carbocycles. The number of aromatic hydroxyl groups is 1. The topological polar surface area (TPSA) is 48.4 Å². The van der Waals surface area contributed by atoms with Gasteiger partial charge >= 0.3 is 0 Å². The number of rotatable bonds is 3. The van der Waals surface area contributed by atoms with Crippen LogP contribution in [-0.2, 0) is 0 Å². The number of nitrogens with zero attached hydrogens (tertiary/aromatic N) is 2. The van der Waals surface area contributed by atoms with Gasteiger partial charge in [-0.25, -0.2) is 4.39 Å². The molecule has 0 bridgehead atoms. The van der Waals surface area contributed by atoms with Crippen LogP contribution < -0.4 is 10.2 Å². The van der Waals surface area contributed by atoms with Crippen LogP contribution in [0, 0.1) is 11.9 Å². The number of halogens is 2. The van der Waals surface area contributed by atoms with Crippen molar-refractivity contribution in [2.45, 2.75) is 18.9 Å². The zero-order chi connectivity index (χ0) is 19.0. The van der Waals surface area contributed by atoms with Gasteiger partial charge in [-0.05, 0) is 61.3 Å². The molecule has 6 heteroatoms. The van der Waals surface area contributed by atoms with Gasteiger partial charge in [0.05, 0.1) is 16.2 Å². The molecule has 0 saturated carbocycles. The minimum Gasteiger partial charge on any atom is -0.504 e. The van der Waals surface area contributed by atoms with Crippen molar-refractivity contribution >= 4 is 28.2 Å². The fourth-order valence-corrected chi connectivity index (χ4v) is 3.87. The first-order chi connectivity index (χ1) is 13.0. The van der Waals surface area contributed by atoms with Crippen LogP contribution in [-0.4, -0.2) is 36.3 Å². The molecule has 0 spiro atoms. The van der Waals surface area contributed by atoms with E-state index in [4.69, 9.17) is 11.6 Å². The van der Waals surface area contributed by atoms with Gasteiger partial charge in [0, 0.05) is 30.7 Å². The molecule has 1 saturated heterocycles. The third-order valence-electron chi connectivity index (χ3n) is 5.22. The Morgan fingerprint density at radius 2 is 2.00 bits per heavy atom. The fraction of sp³-hybridized carbons (Fsp3) is 0.286. The number of fused-ring (bicyclic) bond motifs is 1. The Balaban J connectivity index is 1.79. The molecule has 2 N–H and O–H groups in total. The van der Waals surface area contributed by atoms with E-state index in [0.29, 0.717) is 11.6 Å². The summed E-state index contributed by atoms with van der Waals surface area (Å²) < 4.78 is 13.9. The summed E-state index contributed by atoms with van der Waals surface area (Å²) >= 11 is 5.95. The molecule has 3 aromatic rings. The van der Waals surface area contributed by atoms with Gasteiger partial charge in [0.2, 0.25) is 0 Å². The van der Waals surface area contributed by atoms with Crippen LogP contribution in [0.25, 0.3) is 22.0 Å². The standard InChI is InChI=1S/C21H20ClFN3O/c1-26(15-4-7-24-8-5-15)20-6-9-25-19-3-2-13(10-16(19)20)14-11-17(22)21(27)18(23)12-14/h2-3,9-12,15,24,27H,4-5,7-8H2,1H3. The first-order valence-corrected chi connectivity index (χ1v) is 9.35. The predicted molar refractivity (Wildman–Crippen MR) is 107 cm³/mol. The first kappa shape index (κ1) is 18.0.